The molecule has 0 heterocycles. The van der Waals surface area contributed by atoms with E-state index in [2.05, 4.69) is 0 Å². The molecule has 0 N–H and O–H groups in total. The van der Waals surface area contributed by atoms with Crippen LogP contribution < -0.4 is 4.74 Å². The number of ketones is 1. The predicted octanol–water partition coefficient (Wildman–Crippen LogP) is 3.24. The molecule has 0 radical (unpaired) electrons. The summed E-state index contributed by atoms with van der Waals surface area (Å²) in [6.45, 7) is 0. The molecule has 16 heavy (non-hydrogen) atoms. The van der Waals surface area contributed by atoms with Crippen LogP contribution in [0.25, 0.3) is 0 Å². The quantitative estimate of drug-likeness (QED) is 0.768. The van der Waals surface area contributed by atoms with Crippen molar-refractivity contribution in [2.45, 2.75) is 5.51 Å². The van der Waals surface area contributed by atoms with Gasteiger partial charge in [0.05, 0.1) is 12.9 Å². The number of halogens is 3. The molecule has 0 aliphatic carbocycles. The van der Waals surface area contributed by atoms with E-state index in [1.165, 1.54) is 31.4 Å². The van der Waals surface area contributed by atoms with E-state index in [0.717, 1.165) is 0 Å². The number of ether oxygens (including phenoxy) is 1. The number of methoxy groups -OCH3 is 1. The van der Waals surface area contributed by atoms with Crippen molar-refractivity contribution < 1.29 is 24.1 Å². The van der Waals surface area contributed by atoms with Gasteiger partial charge in [0.25, 0.3) is 0 Å². The van der Waals surface area contributed by atoms with Gasteiger partial charge in [0.1, 0.15) is 5.75 Å². The highest BCUT2D eigenvalue weighted by Crippen LogP contribution is 2.30. The van der Waals surface area contributed by atoms with Gasteiger partial charge < -0.3 is 4.74 Å². The zero-order chi connectivity index (χ0) is 12.2. The summed E-state index contributed by atoms with van der Waals surface area (Å²) in [4.78, 5) is 11.3. The van der Waals surface area contributed by atoms with Crippen LogP contribution in [0.15, 0.2) is 24.3 Å². The monoisotopic (exact) mass is 251 g/mol. The summed E-state index contributed by atoms with van der Waals surface area (Å²) in [6, 6.07) is 5.95. The lowest BCUT2D eigenvalue weighted by Gasteiger charge is -2.05. The van der Waals surface area contributed by atoms with Crippen molar-refractivity contribution in [3.8, 4) is 5.75 Å². The van der Waals surface area contributed by atoms with Gasteiger partial charge in [-0.25, -0.2) is 0 Å². The van der Waals surface area contributed by atoms with Crippen LogP contribution in [0.1, 0.15) is 11.8 Å². The maximum Gasteiger partial charge on any atom is 1.00 e. The van der Waals surface area contributed by atoms with Crippen molar-refractivity contribution in [1.29, 1.82) is 0 Å². The van der Waals surface area contributed by atoms with Crippen molar-refractivity contribution >= 4 is 17.5 Å². The first-order chi connectivity index (χ1) is 7.42. The average Bonchev–Trinajstić information content (AvgIpc) is 2.25. The lowest BCUT2D eigenvalue weighted by molar-refractivity contribution is -0.0327. The Morgan fingerprint density at radius 2 is 1.94 bits per heavy atom. The average molecular weight is 251 g/mol. The van der Waals surface area contributed by atoms with Gasteiger partial charge in [-0.1, -0.05) is 0 Å². The van der Waals surface area contributed by atoms with Crippen LogP contribution in [0.4, 0.5) is 13.2 Å². The van der Waals surface area contributed by atoms with E-state index in [9.17, 15) is 18.0 Å². The molecule has 6 heteroatoms. The number of hydrogen-bond acceptors (Lipinski definition) is 3. The lowest BCUT2D eigenvalue weighted by Crippen LogP contribution is -2.09. The maximum absolute atomic E-state index is 11.8. The van der Waals surface area contributed by atoms with Crippen LogP contribution in [-0.4, -0.2) is 24.2 Å². The van der Waals surface area contributed by atoms with Crippen molar-refractivity contribution in [3.05, 3.63) is 29.8 Å². The number of hydrogen-bond donors (Lipinski definition) is 0. The normalized spacial score (nSPS) is 11.2. The Bertz CT molecular complexity index is 365. The zero-order valence-corrected chi connectivity index (χ0v) is 9.19. The Balaban J connectivity index is 0.00000256. The van der Waals surface area contributed by atoms with Gasteiger partial charge >= 0.3 is 6.93 Å². The van der Waals surface area contributed by atoms with Crippen LogP contribution in [0, 0.1) is 0 Å². The fourth-order valence-corrected chi connectivity index (χ4v) is 1.47. The van der Waals surface area contributed by atoms with E-state index < -0.39 is 17.0 Å². The predicted molar refractivity (Wildman–Crippen MR) is 56.9 cm³/mol. The number of carbonyl (C=O) groups excluding carboxylic acids is 1. The van der Waals surface area contributed by atoms with Crippen molar-refractivity contribution in [2.24, 2.45) is 0 Å². The van der Waals surface area contributed by atoms with Gasteiger partial charge in [-0.05, 0) is 36.0 Å². The standard InChI is InChI=1S/C10H9F3O2S/c1-15-8-4-2-7(3-5-8)9(14)6-16-10(11,12)13/h2-5H,6H2,1H3/p+1. The Morgan fingerprint density at radius 3 is 2.38 bits per heavy atom. The SMILES string of the molecule is COc1ccc(C(=O)CSC(F)(F)F)cc1.[H+]. The number of alkyl halides is 3. The second kappa shape index (κ2) is 5.25. The van der Waals surface area contributed by atoms with Gasteiger partial charge in [0.15, 0.2) is 5.78 Å². The topological polar surface area (TPSA) is 26.3 Å². The lowest BCUT2D eigenvalue weighted by atomic mass is 10.1. The molecule has 2 nitrogen and oxygen atoms in total. The highest BCUT2D eigenvalue weighted by molar-refractivity contribution is 8.00. The molecule has 0 aliphatic heterocycles. The summed E-state index contributed by atoms with van der Waals surface area (Å²) in [7, 11) is 1.47. The number of carbonyl (C=O) groups is 1. The largest absolute Gasteiger partial charge is 1.00 e. The van der Waals surface area contributed by atoms with E-state index in [1.54, 1.807) is 0 Å². The van der Waals surface area contributed by atoms with Gasteiger partial charge in [-0.3, -0.25) is 4.79 Å². The summed E-state index contributed by atoms with van der Waals surface area (Å²) in [5.74, 6) is -0.597. The van der Waals surface area contributed by atoms with Crippen LogP contribution >= 0.6 is 11.8 Å². The molecule has 0 unspecified atom stereocenters. The second-order valence-electron chi connectivity index (χ2n) is 2.89. The molecule has 0 aliphatic rings. The van der Waals surface area contributed by atoms with Gasteiger partial charge in [0.2, 0.25) is 0 Å². The summed E-state index contributed by atoms with van der Waals surface area (Å²) in [5.41, 5.74) is -4.13. The Morgan fingerprint density at radius 1 is 1.38 bits per heavy atom. The van der Waals surface area contributed by atoms with Crippen molar-refractivity contribution in [3.63, 3.8) is 0 Å². The summed E-state index contributed by atoms with van der Waals surface area (Å²) < 4.78 is 40.4. The van der Waals surface area contributed by atoms with E-state index in [4.69, 9.17) is 4.74 Å². The first-order valence-corrected chi connectivity index (χ1v) is 5.29. The minimum absolute atomic E-state index is 0. The molecule has 0 atom stereocenters. The first kappa shape index (κ1) is 12.9. The molecule has 0 aromatic heterocycles. The first-order valence-electron chi connectivity index (χ1n) is 4.30. The molecule has 0 amide bonds. The van der Waals surface area contributed by atoms with E-state index >= 15 is 0 Å². The molecule has 1 aromatic rings. The number of thioether (sulfide) groups is 1. The van der Waals surface area contributed by atoms with Gasteiger partial charge in [-0.15, -0.1) is 0 Å². The molecule has 0 bridgehead atoms. The smallest absolute Gasteiger partial charge is 0.497 e. The molecule has 0 saturated heterocycles. The summed E-state index contributed by atoms with van der Waals surface area (Å²) in [5, 5.41) is 0. The fraction of sp³-hybridized carbons (Fsp3) is 0.300. The highest BCUT2D eigenvalue weighted by Gasteiger charge is 2.29. The van der Waals surface area contributed by atoms with Crippen LogP contribution in [0.2, 0.25) is 0 Å². The molecular weight excluding hydrogens is 241 g/mol. The molecule has 1 aromatic carbocycles. The van der Waals surface area contributed by atoms with E-state index in [-0.39, 0.29) is 18.8 Å². The third-order valence-corrected chi connectivity index (χ3v) is 2.51. The van der Waals surface area contributed by atoms with E-state index in [1.807, 2.05) is 0 Å². The molecule has 88 valence electrons. The maximum atomic E-state index is 11.8. The summed E-state index contributed by atoms with van der Waals surface area (Å²) >= 11 is -0.334. The van der Waals surface area contributed by atoms with Gasteiger partial charge in [0, 0.05) is 5.56 Å². The Kier molecular flexibility index (Phi) is 4.23. The molecule has 0 fully saturated rings. The van der Waals surface area contributed by atoms with E-state index in [0.29, 0.717) is 5.75 Å². The van der Waals surface area contributed by atoms with Gasteiger partial charge in [-0.2, -0.15) is 13.2 Å². The van der Waals surface area contributed by atoms with Crippen LogP contribution in [0.3, 0.4) is 0 Å². The second-order valence-corrected chi connectivity index (χ2v) is 3.93. The molecule has 1 rings (SSSR count). The zero-order valence-electron chi connectivity index (χ0n) is 9.38. The summed E-state index contributed by atoms with van der Waals surface area (Å²) in [6.07, 6.45) is 0. The van der Waals surface area contributed by atoms with Crippen LogP contribution in [0.5, 0.6) is 5.75 Å². The number of benzene rings is 1. The Labute approximate surface area is 96.3 Å². The van der Waals surface area contributed by atoms with Crippen molar-refractivity contribution in [1.82, 2.24) is 0 Å². The highest BCUT2D eigenvalue weighted by atomic mass is 32.2. The molecular formula is C10H10F3O2S+. The third-order valence-electron chi connectivity index (χ3n) is 1.78. The number of Topliss-reactive ketones (excluding diaryl/α,β-unsaturated/α-hetero) is 1. The number of rotatable bonds is 4. The Hall–Kier alpha value is -1.17. The van der Waals surface area contributed by atoms with Crippen molar-refractivity contribution in [2.75, 3.05) is 12.9 Å². The minimum Gasteiger partial charge on any atom is -0.497 e. The molecule has 0 spiro atoms. The van der Waals surface area contributed by atoms with Crippen LogP contribution in [-0.2, 0) is 0 Å². The minimum atomic E-state index is -4.37. The fourth-order valence-electron chi connectivity index (χ4n) is 1.01. The molecule has 0 saturated carbocycles. The third kappa shape index (κ3) is 4.14.